The molecule has 8 heteroatoms. The van der Waals surface area contributed by atoms with Gasteiger partial charge in [-0.15, -0.1) is 0 Å². The lowest BCUT2D eigenvalue weighted by molar-refractivity contribution is 0.596. The van der Waals surface area contributed by atoms with Crippen molar-refractivity contribution >= 4 is 27.7 Å². The third-order valence-corrected chi connectivity index (χ3v) is 8.36. The number of benzene rings is 2. The van der Waals surface area contributed by atoms with E-state index in [0.29, 0.717) is 23.7 Å². The summed E-state index contributed by atoms with van der Waals surface area (Å²) < 4.78 is 13.1. The summed E-state index contributed by atoms with van der Waals surface area (Å²) in [4.78, 5) is 21.0. The molecule has 37 heavy (non-hydrogen) atoms. The lowest BCUT2D eigenvalue weighted by Crippen LogP contribution is -2.27. The third kappa shape index (κ3) is 5.97. The van der Waals surface area contributed by atoms with Crippen molar-refractivity contribution < 1.29 is 4.21 Å². The van der Waals surface area contributed by atoms with Gasteiger partial charge in [0.1, 0.15) is 17.8 Å². The quantitative estimate of drug-likeness (QED) is 0.408. The Hall–Kier alpha value is -3.36. The number of pyridine rings is 1. The zero-order chi connectivity index (χ0) is 26.4. The second kappa shape index (κ2) is 12.3. The molecule has 2 aromatic carbocycles. The Kier molecular flexibility index (Phi) is 8.84. The molecule has 0 spiro atoms. The van der Waals surface area contributed by atoms with Gasteiger partial charge in [-0.3, -0.25) is 13.6 Å². The van der Waals surface area contributed by atoms with E-state index in [-0.39, 0.29) is 11.5 Å². The summed E-state index contributed by atoms with van der Waals surface area (Å²) in [7, 11) is 2.81. The van der Waals surface area contributed by atoms with Crippen molar-refractivity contribution in [2.75, 3.05) is 23.9 Å². The molecule has 4 aromatic rings. The van der Waals surface area contributed by atoms with Crippen LogP contribution in [0.2, 0.25) is 0 Å². The van der Waals surface area contributed by atoms with Crippen molar-refractivity contribution in [3.05, 3.63) is 88.0 Å². The van der Waals surface area contributed by atoms with Gasteiger partial charge in [-0.2, -0.15) is 0 Å². The fourth-order valence-electron chi connectivity index (χ4n) is 4.83. The molecular formula is C29H35N5O2S. The molecule has 0 radical (unpaired) electrons. The molecule has 0 bridgehead atoms. The van der Waals surface area contributed by atoms with Crippen molar-refractivity contribution in [1.82, 2.24) is 14.5 Å². The molecule has 5 rings (SSSR count). The average molecular weight is 518 g/mol. The topological polar surface area (TPSA) is 103 Å². The molecule has 3 heterocycles. The smallest absolute Gasteiger partial charge is 0.255 e. The highest BCUT2D eigenvalue weighted by Crippen LogP contribution is 2.29. The number of nitrogens with one attached hydrogen (secondary N) is 1. The predicted molar refractivity (Wildman–Crippen MR) is 153 cm³/mol. The van der Waals surface area contributed by atoms with Crippen molar-refractivity contribution in [2.45, 2.75) is 38.6 Å². The Balaban J connectivity index is 0.000000180. The minimum Gasteiger partial charge on any atom is -0.372 e. The van der Waals surface area contributed by atoms with Gasteiger partial charge in [-0.1, -0.05) is 55.5 Å². The molecule has 1 fully saturated rings. The van der Waals surface area contributed by atoms with Gasteiger partial charge in [-0.05, 0) is 53.5 Å². The van der Waals surface area contributed by atoms with E-state index in [0.717, 1.165) is 36.0 Å². The Morgan fingerprint density at radius 2 is 1.84 bits per heavy atom. The number of anilines is 1. The maximum Gasteiger partial charge on any atom is 0.255 e. The van der Waals surface area contributed by atoms with Crippen LogP contribution in [-0.2, 0) is 30.8 Å². The SMILES string of the molecule is CCc1cccc(-c2ccccc2CN)c1.CNc1ncnc2c1cc(C1CCS(=O)CC1)c(=O)n2C. The first-order chi connectivity index (χ1) is 18.0. The molecule has 0 amide bonds. The lowest BCUT2D eigenvalue weighted by Gasteiger charge is -2.22. The van der Waals surface area contributed by atoms with Gasteiger partial charge in [0.25, 0.3) is 5.56 Å². The lowest BCUT2D eigenvalue weighted by atomic mass is 9.94. The number of rotatable bonds is 5. The fourth-order valence-corrected chi connectivity index (χ4v) is 6.13. The summed E-state index contributed by atoms with van der Waals surface area (Å²) in [6.07, 6.45) is 4.13. The number of fused-ring (bicyclic) bond motifs is 1. The summed E-state index contributed by atoms with van der Waals surface area (Å²) in [5.41, 5.74) is 12.2. The molecule has 0 aliphatic carbocycles. The van der Waals surface area contributed by atoms with Crippen LogP contribution in [0, 0.1) is 0 Å². The normalized spacial score (nSPS) is 17.2. The first-order valence-electron chi connectivity index (χ1n) is 12.7. The number of nitrogens with two attached hydrogens (primary N) is 1. The number of hydrogen-bond acceptors (Lipinski definition) is 6. The molecule has 2 aromatic heterocycles. The summed E-state index contributed by atoms with van der Waals surface area (Å²) in [5, 5.41) is 3.89. The van der Waals surface area contributed by atoms with Crippen LogP contribution < -0.4 is 16.6 Å². The van der Waals surface area contributed by atoms with E-state index in [1.807, 2.05) is 12.1 Å². The van der Waals surface area contributed by atoms with Gasteiger partial charge in [0.2, 0.25) is 0 Å². The van der Waals surface area contributed by atoms with E-state index in [4.69, 9.17) is 5.73 Å². The van der Waals surface area contributed by atoms with Gasteiger partial charge >= 0.3 is 0 Å². The third-order valence-electron chi connectivity index (χ3n) is 6.98. The summed E-state index contributed by atoms with van der Waals surface area (Å²) in [6, 6.07) is 18.9. The molecule has 0 saturated carbocycles. The van der Waals surface area contributed by atoms with Gasteiger partial charge in [-0.25, -0.2) is 9.97 Å². The van der Waals surface area contributed by atoms with Crippen LogP contribution >= 0.6 is 0 Å². The minimum absolute atomic E-state index is 0.0130. The van der Waals surface area contributed by atoms with Crippen LogP contribution in [0.15, 0.2) is 65.7 Å². The van der Waals surface area contributed by atoms with E-state index in [1.165, 1.54) is 28.6 Å². The number of aryl methyl sites for hydroxylation is 2. The molecule has 1 aliphatic rings. The Morgan fingerprint density at radius 1 is 1.08 bits per heavy atom. The summed E-state index contributed by atoms with van der Waals surface area (Å²) in [5.74, 6) is 2.25. The Labute approximate surface area is 220 Å². The Bertz CT molecular complexity index is 1460. The van der Waals surface area contributed by atoms with E-state index < -0.39 is 10.8 Å². The van der Waals surface area contributed by atoms with Crippen LogP contribution in [0.3, 0.4) is 0 Å². The largest absolute Gasteiger partial charge is 0.372 e. The van der Waals surface area contributed by atoms with Gasteiger partial charge in [0.15, 0.2) is 0 Å². The van der Waals surface area contributed by atoms with Crippen LogP contribution in [0.5, 0.6) is 0 Å². The zero-order valence-electron chi connectivity index (χ0n) is 21.7. The van der Waals surface area contributed by atoms with E-state index in [2.05, 4.69) is 64.7 Å². The standard InChI is InChI=1S/C15H17N.C14H18N4O2S/c1-2-12-6-5-8-13(10-12)15-9-4-3-7-14(15)11-16;1-15-12-11-7-10(9-3-5-21(20)6-4-9)14(19)18(2)13(11)17-8-16-12/h3-10H,2,11,16H2,1H3;7-9H,3-6H2,1-2H3,(H,15,16,17). The number of nitrogens with zero attached hydrogens (tertiary/aromatic N) is 3. The molecule has 0 atom stereocenters. The minimum atomic E-state index is -0.726. The van der Waals surface area contributed by atoms with Crippen LogP contribution in [0.1, 0.15) is 42.4 Å². The molecular weight excluding hydrogens is 482 g/mol. The second-order valence-electron chi connectivity index (χ2n) is 9.21. The maximum atomic E-state index is 12.6. The zero-order valence-corrected chi connectivity index (χ0v) is 22.6. The monoisotopic (exact) mass is 517 g/mol. The molecule has 1 saturated heterocycles. The van der Waals surface area contributed by atoms with Crippen molar-refractivity contribution in [3.8, 4) is 11.1 Å². The van der Waals surface area contributed by atoms with Crippen LogP contribution in [0.25, 0.3) is 22.2 Å². The van der Waals surface area contributed by atoms with E-state index in [9.17, 15) is 9.00 Å². The highest BCUT2D eigenvalue weighted by Gasteiger charge is 2.23. The van der Waals surface area contributed by atoms with Crippen LogP contribution in [-0.4, -0.2) is 37.3 Å². The van der Waals surface area contributed by atoms with Crippen LogP contribution in [0.4, 0.5) is 5.82 Å². The maximum absolute atomic E-state index is 12.6. The van der Waals surface area contributed by atoms with Gasteiger partial charge in [0, 0.05) is 48.5 Å². The number of aromatic nitrogens is 3. The summed E-state index contributed by atoms with van der Waals surface area (Å²) >= 11 is 0. The molecule has 7 nitrogen and oxygen atoms in total. The Morgan fingerprint density at radius 3 is 2.54 bits per heavy atom. The van der Waals surface area contributed by atoms with Crippen molar-refractivity contribution in [3.63, 3.8) is 0 Å². The molecule has 0 unspecified atom stereocenters. The average Bonchev–Trinajstić information content (AvgIpc) is 2.95. The fraction of sp³-hybridized carbons (Fsp3) is 0.345. The molecule has 1 aliphatic heterocycles. The van der Waals surface area contributed by atoms with E-state index in [1.54, 1.807) is 18.7 Å². The first-order valence-corrected chi connectivity index (χ1v) is 14.2. The number of hydrogen-bond donors (Lipinski definition) is 2. The predicted octanol–water partition coefficient (Wildman–Crippen LogP) is 4.37. The van der Waals surface area contributed by atoms with Gasteiger partial charge < -0.3 is 11.1 Å². The van der Waals surface area contributed by atoms with Crippen molar-refractivity contribution in [1.29, 1.82) is 0 Å². The van der Waals surface area contributed by atoms with E-state index >= 15 is 0 Å². The second-order valence-corrected chi connectivity index (χ2v) is 10.9. The highest BCUT2D eigenvalue weighted by atomic mass is 32.2. The van der Waals surface area contributed by atoms with Crippen molar-refractivity contribution in [2.24, 2.45) is 12.8 Å². The summed E-state index contributed by atoms with van der Waals surface area (Å²) in [6.45, 7) is 2.76. The molecule has 3 N–H and O–H groups in total. The highest BCUT2D eigenvalue weighted by molar-refractivity contribution is 7.85. The van der Waals surface area contributed by atoms with Gasteiger partial charge in [0.05, 0.1) is 5.39 Å². The molecule has 194 valence electrons. The first kappa shape index (κ1) is 26.7.